The van der Waals surface area contributed by atoms with E-state index in [-0.39, 0.29) is 0 Å². The normalized spacial score (nSPS) is 14.3. The molecule has 0 saturated heterocycles. The lowest BCUT2D eigenvalue weighted by molar-refractivity contribution is -0.870. The second-order valence-corrected chi connectivity index (χ2v) is 15.2. The molecule has 0 aliphatic heterocycles. The molecule has 0 rings (SSSR count). The number of sulfonamides is 2. The maximum atomic E-state index is 11.4. The lowest BCUT2D eigenvalue weighted by Crippen LogP contribution is -2.42. The van der Waals surface area contributed by atoms with Crippen molar-refractivity contribution in [3.8, 4) is 0 Å². The number of alkyl halides is 6. The largest absolute Gasteiger partial charge is 0.480 e. The number of hydrogen-bond acceptors (Lipinski definition) is 5. The minimum absolute atomic E-state index is 0.778. The van der Waals surface area contributed by atoms with Gasteiger partial charge in [0, 0.05) is 0 Å². The summed E-state index contributed by atoms with van der Waals surface area (Å²) in [5.74, 6) is 0. The van der Waals surface area contributed by atoms with Gasteiger partial charge in [0.25, 0.3) is 0 Å². The van der Waals surface area contributed by atoms with Crippen LogP contribution in [0, 0.1) is 0 Å². The molecule has 0 radical (unpaired) electrons. The van der Waals surface area contributed by atoms with Gasteiger partial charge in [0.1, 0.15) is 6.54 Å². The zero-order valence-electron chi connectivity index (χ0n) is 17.1. The third-order valence-electron chi connectivity index (χ3n) is 3.88. The fourth-order valence-electron chi connectivity index (χ4n) is 1.81. The second kappa shape index (κ2) is 10.7. The molecule has 0 saturated carbocycles. The molecule has 29 heavy (non-hydrogen) atoms. The van der Waals surface area contributed by atoms with Gasteiger partial charge in [0.15, 0.2) is 28.4 Å². The van der Waals surface area contributed by atoms with Gasteiger partial charge in [-0.2, -0.15) is 26.3 Å². The molecule has 0 fully saturated rings. The molecule has 0 heterocycles. The molecule has 16 heteroatoms. The summed E-state index contributed by atoms with van der Waals surface area (Å²) < 4.78 is 116. The van der Waals surface area contributed by atoms with Crippen LogP contribution in [0.15, 0.2) is 0 Å². The maximum Gasteiger partial charge on any atom is 0.480 e. The van der Waals surface area contributed by atoms with Crippen LogP contribution < -0.4 is 0 Å². The Morgan fingerprint density at radius 3 is 1.31 bits per heavy atom. The van der Waals surface area contributed by atoms with Crippen molar-refractivity contribution in [2.45, 2.75) is 49.9 Å². The topological polar surface area (TPSA) is 91.6 Å². The minimum Gasteiger partial charge on any atom is -0.421 e. The van der Waals surface area contributed by atoms with Crippen LogP contribution >= 0.6 is 0 Å². The van der Waals surface area contributed by atoms with Gasteiger partial charge in [-0.3, -0.25) is 0 Å². The lowest BCUT2D eigenvalue weighted by Gasteiger charge is -2.30. The lowest BCUT2D eigenvalue weighted by atomic mass is 10.5. The van der Waals surface area contributed by atoms with Gasteiger partial charge < -0.3 is 13.0 Å². The number of likely N-dealkylation sites (N-methyl/N-ethyl adjacent to an activating group) is 1. The zero-order valence-corrected chi connectivity index (χ0v) is 19.7. The van der Waals surface area contributed by atoms with Gasteiger partial charge >= 0.3 is 11.0 Å². The highest BCUT2D eigenvalue weighted by Crippen LogP contribution is 2.36. The summed E-state index contributed by atoms with van der Waals surface area (Å²) in [5, 5.41) is 0. The van der Waals surface area contributed by atoms with Crippen molar-refractivity contribution >= 4 is 28.4 Å². The van der Waals surface area contributed by atoms with Crippen molar-refractivity contribution in [3.05, 3.63) is 4.13 Å². The first-order chi connectivity index (χ1) is 12.6. The van der Waals surface area contributed by atoms with Crippen molar-refractivity contribution in [3.63, 3.8) is 0 Å². The first kappa shape index (κ1) is 30.8. The van der Waals surface area contributed by atoms with Crippen molar-refractivity contribution in [1.29, 1.82) is 0 Å². The summed E-state index contributed by atoms with van der Waals surface area (Å²) in [4.78, 5) is 0. The van der Waals surface area contributed by atoms with Crippen molar-refractivity contribution < 1.29 is 52.1 Å². The van der Waals surface area contributed by atoms with Crippen LogP contribution in [-0.2, 0) is 24.5 Å². The Hall–Kier alpha value is -0.423. The Balaban J connectivity index is 0. The van der Waals surface area contributed by atoms with Crippen molar-refractivity contribution in [1.82, 2.24) is 0 Å². The fourth-order valence-corrected chi connectivity index (χ4v) is 6.15. The minimum atomic E-state index is -6.72. The van der Waals surface area contributed by atoms with Crippen LogP contribution in [0.4, 0.5) is 26.3 Å². The molecule has 0 aliphatic rings. The summed E-state index contributed by atoms with van der Waals surface area (Å²) in [6.45, 7) is 8.90. The number of rotatable bonds is 9. The van der Waals surface area contributed by atoms with Crippen LogP contribution in [0.2, 0.25) is 18.1 Å². The van der Waals surface area contributed by atoms with E-state index in [9.17, 15) is 43.2 Å². The fraction of sp³-hybridized carbons (Fsp3) is 1.00. The van der Waals surface area contributed by atoms with E-state index in [2.05, 4.69) is 41.9 Å². The molecule has 0 aliphatic carbocycles. The van der Waals surface area contributed by atoms with E-state index in [1.54, 1.807) is 0 Å². The van der Waals surface area contributed by atoms with Crippen LogP contribution in [0.1, 0.15) is 20.8 Å². The number of hydrogen-bond donors (Lipinski definition) is 0. The summed E-state index contributed by atoms with van der Waals surface area (Å²) in [7, 11) is -8.11. The molecule has 0 bridgehead atoms. The highest BCUT2D eigenvalue weighted by atomic mass is 32.3. The third kappa shape index (κ3) is 11.0. The van der Waals surface area contributed by atoms with Crippen LogP contribution in [0.5, 0.6) is 0 Å². The predicted molar refractivity (Wildman–Crippen MR) is 99.4 cm³/mol. The molecule has 7 nitrogen and oxygen atoms in total. The first-order valence-electron chi connectivity index (χ1n) is 8.41. The molecular weight excluding hydrogens is 470 g/mol. The Morgan fingerprint density at radius 1 is 0.793 bits per heavy atom. The summed E-state index contributed by atoms with van der Waals surface area (Å²) in [5.41, 5.74) is -12.4. The number of halogens is 6. The van der Waals surface area contributed by atoms with Gasteiger partial charge in [-0.05, 0) is 18.1 Å². The Kier molecular flexibility index (Phi) is 11.4. The highest BCUT2D eigenvalue weighted by Gasteiger charge is 2.46. The van der Waals surface area contributed by atoms with E-state index < -0.39 is 39.4 Å². The molecule has 0 aromatic heterocycles. The molecule has 0 atom stereocenters. The summed E-state index contributed by atoms with van der Waals surface area (Å²) >= 11 is 0. The standard InChI is InChI=1S/C11H28NOSi.C2F6NO4S2/c1-7-14(8-2,9-3)13-11-10-12(4,5)6;3-1(4,5)14(10,11)9-15(12,13)2(6,7)8/h7-11H2,1-6H3;/q+1;-1. The molecule has 0 amide bonds. The van der Waals surface area contributed by atoms with Gasteiger partial charge in [0.2, 0.25) is 0 Å². The van der Waals surface area contributed by atoms with Gasteiger partial charge in [-0.25, -0.2) is 16.8 Å². The van der Waals surface area contributed by atoms with Crippen LogP contribution in [-0.4, -0.2) is 74.9 Å². The summed E-state index contributed by atoms with van der Waals surface area (Å²) in [6.07, 6.45) is 0. The van der Waals surface area contributed by atoms with E-state index in [4.69, 9.17) is 4.43 Å². The van der Waals surface area contributed by atoms with E-state index in [0.717, 1.165) is 21.8 Å². The molecular formula is C13H28F6N2O5S2Si. The highest BCUT2D eigenvalue weighted by molar-refractivity contribution is 8.13. The maximum absolute atomic E-state index is 11.4. The monoisotopic (exact) mass is 498 g/mol. The molecule has 0 N–H and O–H groups in total. The SMILES string of the molecule is CC[Si](CC)(CC)OCC[N+](C)(C)C.O=S(=O)([N-]S(=O)(=O)C(F)(F)F)C(F)(F)F. The van der Waals surface area contributed by atoms with Crippen molar-refractivity contribution in [2.75, 3.05) is 34.3 Å². The van der Waals surface area contributed by atoms with E-state index >= 15 is 0 Å². The van der Waals surface area contributed by atoms with Gasteiger partial charge in [-0.1, -0.05) is 20.8 Å². The first-order valence-corrected chi connectivity index (χ1v) is 13.8. The Bertz CT molecular complexity index is 648. The van der Waals surface area contributed by atoms with Crippen LogP contribution in [0.25, 0.3) is 4.13 Å². The number of quaternary nitrogens is 1. The molecule has 0 unspecified atom stereocenters. The van der Waals surface area contributed by atoms with Gasteiger partial charge in [-0.15, -0.1) is 0 Å². The smallest absolute Gasteiger partial charge is 0.421 e. The zero-order chi connectivity index (χ0) is 23.9. The van der Waals surface area contributed by atoms with E-state index in [1.807, 2.05) is 0 Å². The quantitative estimate of drug-likeness (QED) is 0.274. The Labute approximate surface area is 169 Å². The van der Waals surface area contributed by atoms with Crippen LogP contribution in [0.3, 0.4) is 0 Å². The summed E-state index contributed by atoms with van der Waals surface area (Å²) in [6, 6.07) is 3.78. The van der Waals surface area contributed by atoms with Gasteiger partial charge in [0.05, 0.1) is 27.7 Å². The predicted octanol–water partition coefficient (Wildman–Crippen LogP) is 3.77. The molecule has 0 aromatic carbocycles. The van der Waals surface area contributed by atoms with E-state index in [0.29, 0.717) is 0 Å². The average Bonchev–Trinajstić information content (AvgIpc) is 2.48. The third-order valence-corrected chi connectivity index (χ3v) is 11.3. The van der Waals surface area contributed by atoms with E-state index in [1.165, 1.54) is 18.1 Å². The molecule has 178 valence electrons. The Morgan fingerprint density at radius 2 is 1.10 bits per heavy atom. The molecule has 0 aromatic rings. The second-order valence-electron chi connectivity index (χ2n) is 7.02. The number of nitrogens with zero attached hydrogens (tertiary/aromatic N) is 2. The van der Waals surface area contributed by atoms with Crippen molar-refractivity contribution in [2.24, 2.45) is 0 Å². The average molecular weight is 499 g/mol. The molecule has 0 spiro atoms.